The number of nitrogens with zero attached hydrogens (tertiary/aromatic N) is 1. The Morgan fingerprint density at radius 2 is 0.959 bits per heavy atom. The van der Waals surface area contributed by atoms with Gasteiger partial charge in [0.2, 0.25) is 0 Å². The zero-order valence-corrected chi connectivity index (χ0v) is 26.5. The maximum Gasteiger partial charge on any atom is 0.143 e. The average Bonchev–Trinajstić information content (AvgIpc) is 3.74. The largest absolute Gasteiger partial charge is 0.456 e. The predicted octanol–water partition coefficient (Wildman–Crippen LogP) is 13.4. The Bertz CT molecular complexity index is 2810. The van der Waals surface area contributed by atoms with E-state index in [0.717, 1.165) is 77.5 Å². The molecule has 0 amide bonds. The number of rotatable bonds is 5. The van der Waals surface area contributed by atoms with Crippen molar-refractivity contribution in [3.8, 4) is 22.3 Å². The summed E-state index contributed by atoms with van der Waals surface area (Å²) in [7, 11) is 0. The van der Waals surface area contributed by atoms with E-state index >= 15 is 0 Å². The molecule has 8 aromatic carbocycles. The summed E-state index contributed by atoms with van der Waals surface area (Å²) >= 11 is 0. The third kappa shape index (κ3) is 4.51. The maximum absolute atomic E-state index is 6.49. The lowest BCUT2D eigenvalue weighted by Crippen LogP contribution is -2.09. The van der Waals surface area contributed by atoms with Crippen molar-refractivity contribution in [3.63, 3.8) is 0 Å². The predicted molar refractivity (Wildman–Crippen MR) is 204 cm³/mol. The fourth-order valence-electron chi connectivity index (χ4n) is 7.32. The standard InChI is InChI=1S/C46H29NO2/c1-2-9-30(10-3-1)31-17-22-34(23-18-31)47(36-26-28-40-39-13-6-7-15-42(39)48-44(40)29-36)35-24-19-33(20-25-35)37-14-8-16-43-45(37)41-27-21-32-11-4-5-12-38(32)46(41)49-43/h1-29H. The van der Waals surface area contributed by atoms with Crippen LogP contribution in [0.1, 0.15) is 0 Å². The second-order valence-corrected chi connectivity index (χ2v) is 12.5. The molecule has 0 unspecified atom stereocenters. The summed E-state index contributed by atoms with van der Waals surface area (Å²) in [5.41, 5.74) is 11.4. The van der Waals surface area contributed by atoms with E-state index in [1.807, 2.05) is 12.1 Å². The minimum Gasteiger partial charge on any atom is -0.456 e. The Morgan fingerprint density at radius 1 is 0.347 bits per heavy atom. The van der Waals surface area contributed by atoms with E-state index in [1.54, 1.807) is 0 Å². The number of para-hydroxylation sites is 1. The summed E-state index contributed by atoms with van der Waals surface area (Å²) in [6, 6.07) is 62.0. The Morgan fingerprint density at radius 3 is 1.78 bits per heavy atom. The first-order chi connectivity index (χ1) is 24.3. The van der Waals surface area contributed by atoms with Crippen LogP contribution in [-0.4, -0.2) is 0 Å². The van der Waals surface area contributed by atoms with Gasteiger partial charge in [0.25, 0.3) is 0 Å². The number of hydrogen-bond acceptors (Lipinski definition) is 3. The van der Waals surface area contributed by atoms with E-state index in [0.29, 0.717) is 0 Å². The van der Waals surface area contributed by atoms with Crippen LogP contribution in [0, 0.1) is 0 Å². The molecule has 230 valence electrons. The van der Waals surface area contributed by atoms with Gasteiger partial charge in [-0.25, -0.2) is 0 Å². The lowest BCUT2D eigenvalue weighted by atomic mass is 9.98. The smallest absolute Gasteiger partial charge is 0.143 e. The van der Waals surface area contributed by atoms with Gasteiger partial charge < -0.3 is 13.7 Å². The first-order valence-corrected chi connectivity index (χ1v) is 16.6. The minimum absolute atomic E-state index is 0.868. The Balaban J connectivity index is 1.10. The second-order valence-electron chi connectivity index (χ2n) is 12.5. The zero-order chi connectivity index (χ0) is 32.3. The zero-order valence-electron chi connectivity index (χ0n) is 26.5. The molecule has 49 heavy (non-hydrogen) atoms. The molecule has 0 aliphatic rings. The Kier molecular flexibility index (Phi) is 6.18. The van der Waals surface area contributed by atoms with E-state index in [1.165, 1.54) is 16.5 Å². The molecule has 0 atom stereocenters. The van der Waals surface area contributed by atoms with Crippen molar-refractivity contribution in [2.45, 2.75) is 0 Å². The highest BCUT2D eigenvalue weighted by Crippen LogP contribution is 2.42. The molecule has 0 N–H and O–H groups in total. The molecule has 10 aromatic rings. The summed E-state index contributed by atoms with van der Waals surface area (Å²) in [6.07, 6.45) is 0. The van der Waals surface area contributed by atoms with Crippen molar-refractivity contribution >= 4 is 71.7 Å². The lowest BCUT2D eigenvalue weighted by molar-refractivity contribution is 0.669. The normalized spacial score (nSPS) is 11.7. The molecule has 10 rings (SSSR count). The summed E-state index contributed by atoms with van der Waals surface area (Å²) in [5.74, 6) is 0. The molecular weight excluding hydrogens is 599 g/mol. The molecule has 3 nitrogen and oxygen atoms in total. The van der Waals surface area contributed by atoms with Crippen molar-refractivity contribution in [3.05, 3.63) is 176 Å². The summed E-state index contributed by atoms with van der Waals surface area (Å²) in [5, 5.41) is 6.82. The van der Waals surface area contributed by atoms with Crippen LogP contribution in [-0.2, 0) is 0 Å². The Labute approximate surface area is 282 Å². The molecule has 0 aliphatic heterocycles. The van der Waals surface area contributed by atoms with Crippen LogP contribution in [0.5, 0.6) is 0 Å². The molecule has 0 bridgehead atoms. The van der Waals surface area contributed by atoms with Gasteiger partial charge in [-0.3, -0.25) is 0 Å². The fraction of sp³-hybridized carbons (Fsp3) is 0. The van der Waals surface area contributed by atoms with Gasteiger partial charge in [-0.1, -0.05) is 115 Å². The fourth-order valence-corrected chi connectivity index (χ4v) is 7.32. The van der Waals surface area contributed by atoms with Gasteiger partial charge >= 0.3 is 0 Å². The highest BCUT2D eigenvalue weighted by molar-refractivity contribution is 6.19. The van der Waals surface area contributed by atoms with Crippen molar-refractivity contribution in [1.29, 1.82) is 0 Å². The van der Waals surface area contributed by atoms with Gasteiger partial charge in [-0.15, -0.1) is 0 Å². The van der Waals surface area contributed by atoms with Gasteiger partial charge in [0.15, 0.2) is 0 Å². The molecule has 2 heterocycles. The first kappa shape index (κ1) is 27.5. The van der Waals surface area contributed by atoms with E-state index < -0.39 is 0 Å². The molecule has 0 spiro atoms. The van der Waals surface area contributed by atoms with Crippen LogP contribution in [0.25, 0.3) is 76.9 Å². The van der Waals surface area contributed by atoms with Crippen molar-refractivity contribution in [1.82, 2.24) is 0 Å². The van der Waals surface area contributed by atoms with Crippen LogP contribution in [0.2, 0.25) is 0 Å². The van der Waals surface area contributed by atoms with Gasteiger partial charge in [0.1, 0.15) is 22.3 Å². The number of hydrogen-bond donors (Lipinski definition) is 0. The average molecular weight is 628 g/mol. The topological polar surface area (TPSA) is 29.5 Å². The van der Waals surface area contributed by atoms with Crippen LogP contribution in [0.15, 0.2) is 185 Å². The van der Waals surface area contributed by atoms with E-state index in [9.17, 15) is 0 Å². The molecule has 0 saturated carbocycles. The first-order valence-electron chi connectivity index (χ1n) is 16.6. The van der Waals surface area contributed by atoms with Crippen LogP contribution < -0.4 is 4.90 Å². The molecular formula is C46H29NO2. The third-order valence-corrected chi connectivity index (χ3v) is 9.68. The highest BCUT2D eigenvalue weighted by Gasteiger charge is 2.18. The monoisotopic (exact) mass is 627 g/mol. The minimum atomic E-state index is 0.868. The van der Waals surface area contributed by atoms with Crippen molar-refractivity contribution in [2.75, 3.05) is 4.90 Å². The number of fused-ring (bicyclic) bond motifs is 8. The van der Waals surface area contributed by atoms with E-state index in [2.05, 4.69) is 169 Å². The SMILES string of the molecule is c1ccc(-c2ccc(N(c3ccc(-c4cccc5oc6c7ccccc7ccc6c45)cc3)c3ccc4c(c3)oc3ccccc34)cc2)cc1. The third-order valence-electron chi connectivity index (χ3n) is 9.68. The Hall–Kier alpha value is -6.58. The second kappa shape index (κ2) is 11.0. The maximum atomic E-state index is 6.49. The van der Waals surface area contributed by atoms with Crippen LogP contribution in [0.4, 0.5) is 17.1 Å². The summed E-state index contributed by atoms with van der Waals surface area (Å²) in [4.78, 5) is 2.30. The van der Waals surface area contributed by atoms with Crippen molar-refractivity contribution < 1.29 is 8.83 Å². The van der Waals surface area contributed by atoms with E-state index in [4.69, 9.17) is 8.83 Å². The molecule has 3 heteroatoms. The molecule has 0 radical (unpaired) electrons. The molecule has 0 aliphatic carbocycles. The number of furan rings is 2. The molecule has 2 aromatic heterocycles. The van der Waals surface area contributed by atoms with E-state index in [-0.39, 0.29) is 0 Å². The molecule has 0 fully saturated rings. The number of anilines is 3. The quantitative estimate of drug-likeness (QED) is 0.190. The molecule has 0 saturated heterocycles. The van der Waals surface area contributed by atoms with Gasteiger partial charge in [0, 0.05) is 50.1 Å². The number of benzene rings is 8. The summed E-state index contributed by atoms with van der Waals surface area (Å²) < 4.78 is 12.8. The van der Waals surface area contributed by atoms with Crippen molar-refractivity contribution in [2.24, 2.45) is 0 Å². The van der Waals surface area contributed by atoms with Gasteiger partial charge in [-0.2, -0.15) is 0 Å². The van der Waals surface area contributed by atoms with Gasteiger partial charge in [0.05, 0.1) is 0 Å². The highest BCUT2D eigenvalue weighted by atomic mass is 16.3. The summed E-state index contributed by atoms with van der Waals surface area (Å²) in [6.45, 7) is 0. The lowest BCUT2D eigenvalue weighted by Gasteiger charge is -2.26. The van der Waals surface area contributed by atoms with Crippen LogP contribution >= 0.6 is 0 Å². The van der Waals surface area contributed by atoms with Gasteiger partial charge in [-0.05, 0) is 82.2 Å². The van der Waals surface area contributed by atoms with Crippen LogP contribution in [0.3, 0.4) is 0 Å².